The predicted molar refractivity (Wildman–Crippen MR) is 70.8 cm³/mol. The second kappa shape index (κ2) is 6.18. The van der Waals surface area contributed by atoms with Crippen LogP contribution in [0.25, 0.3) is 6.08 Å². The molecule has 0 saturated heterocycles. The molecular weight excluding hydrogens is 307 g/mol. The lowest BCUT2D eigenvalue weighted by Crippen LogP contribution is -2.18. The Morgan fingerprint density at radius 2 is 1.90 bits per heavy atom. The van der Waals surface area contributed by atoms with Crippen LogP contribution >= 0.6 is 0 Å². The van der Waals surface area contributed by atoms with Gasteiger partial charge in [0.2, 0.25) is 0 Å². The zero-order valence-corrected chi connectivity index (χ0v) is 12.0. The normalized spacial score (nSPS) is 13.1. The van der Waals surface area contributed by atoms with Crippen molar-refractivity contribution < 1.29 is 26.3 Å². The van der Waals surface area contributed by atoms with Gasteiger partial charge in [-0.1, -0.05) is 18.2 Å². The maximum Gasteiger partial charge on any atom is 0.573 e. The van der Waals surface area contributed by atoms with Gasteiger partial charge in [0.25, 0.3) is 0 Å². The Hall–Kier alpha value is -2.01. The molecular formula is C13H12F3NO3S. The average Bonchev–Trinajstić information content (AvgIpc) is 2.35. The van der Waals surface area contributed by atoms with Crippen LogP contribution in [0.2, 0.25) is 0 Å². The lowest BCUT2D eigenvalue weighted by Gasteiger charge is -2.12. The fraction of sp³-hybridized carbons (Fsp3) is 0.308. The molecule has 0 amide bonds. The number of alkyl halides is 3. The number of hydrogen-bond acceptors (Lipinski definition) is 4. The number of rotatable bonds is 4. The number of benzene rings is 1. The zero-order valence-electron chi connectivity index (χ0n) is 11.2. The van der Waals surface area contributed by atoms with E-state index in [1.807, 2.05) is 0 Å². The van der Waals surface area contributed by atoms with Crippen molar-refractivity contribution in [3.63, 3.8) is 0 Å². The number of nitriles is 1. The molecule has 0 heterocycles. The molecule has 0 fully saturated rings. The lowest BCUT2D eigenvalue weighted by molar-refractivity contribution is -0.274. The molecule has 8 heteroatoms. The van der Waals surface area contributed by atoms with Crippen molar-refractivity contribution in [2.75, 3.05) is 0 Å². The van der Waals surface area contributed by atoms with Crippen LogP contribution in [0.4, 0.5) is 13.2 Å². The topological polar surface area (TPSA) is 67.2 Å². The SMILES string of the molecule is CC(C)S(=O)(=O)C(C#N)=Cc1ccccc1OC(F)(F)F. The molecule has 114 valence electrons. The standard InChI is InChI=1S/C13H12F3NO3S/c1-9(2)21(18,19)11(8-17)7-10-5-3-4-6-12(10)20-13(14,15)16/h3-7,9H,1-2H3. The Morgan fingerprint density at radius 1 is 1.33 bits per heavy atom. The summed E-state index contributed by atoms with van der Waals surface area (Å²) in [6.45, 7) is 2.75. The summed E-state index contributed by atoms with van der Waals surface area (Å²) in [5, 5.41) is 8.07. The van der Waals surface area contributed by atoms with Crippen molar-refractivity contribution in [3.05, 3.63) is 34.7 Å². The smallest absolute Gasteiger partial charge is 0.405 e. The highest BCUT2D eigenvalue weighted by Gasteiger charge is 2.32. The molecule has 0 radical (unpaired) electrons. The monoisotopic (exact) mass is 319 g/mol. The van der Waals surface area contributed by atoms with Crippen LogP contribution in [-0.4, -0.2) is 20.0 Å². The molecule has 0 unspecified atom stereocenters. The highest BCUT2D eigenvalue weighted by molar-refractivity contribution is 7.96. The molecule has 0 aromatic heterocycles. The molecule has 0 aliphatic rings. The van der Waals surface area contributed by atoms with E-state index in [1.165, 1.54) is 38.1 Å². The molecule has 0 aliphatic heterocycles. The molecule has 0 spiro atoms. The summed E-state index contributed by atoms with van der Waals surface area (Å²) in [4.78, 5) is -0.615. The molecule has 4 nitrogen and oxygen atoms in total. The third-order valence-electron chi connectivity index (χ3n) is 2.47. The van der Waals surface area contributed by atoms with E-state index in [0.717, 1.165) is 12.1 Å². The fourth-order valence-electron chi connectivity index (χ4n) is 1.39. The lowest BCUT2D eigenvalue weighted by atomic mass is 10.2. The van der Waals surface area contributed by atoms with Crippen LogP contribution in [-0.2, 0) is 9.84 Å². The maximum absolute atomic E-state index is 12.3. The van der Waals surface area contributed by atoms with Gasteiger partial charge in [-0.3, -0.25) is 0 Å². The van der Waals surface area contributed by atoms with Gasteiger partial charge in [0.15, 0.2) is 9.84 Å². The Balaban J connectivity index is 3.35. The molecule has 0 N–H and O–H groups in total. The predicted octanol–water partition coefficient (Wildman–Crippen LogP) is 3.27. The summed E-state index contributed by atoms with van der Waals surface area (Å²) in [7, 11) is -3.88. The van der Waals surface area contributed by atoms with Gasteiger partial charge in [-0.05, 0) is 26.0 Å². The molecule has 1 rings (SSSR count). The first-order chi connectivity index (χ1) is 9.58. The van der Waals surface area contributed by atoms with E-state index in [2.05, 4.69) is 4.74 Å². The first-order valence-electron chi connectivity index (χ1n) is 5.78. The molecule has 1 aromatic rings. The van der Waals surface area contributed by atoms with Crippen LogP contribution in [0, 0.1) is 11.3 Å². The van der Waals surface area contributed by atoms with Crippen LogP contribution < -0.4 is 4.74 Å². The first kappa shape index (κ1) is 17.0. The Morgan fingerprint density at radius 3 is 2.38 bits per heavy atom. The average molecular weight is 319 g/mol. The van der Waals surface area contributed by atoms with Crippen LogP contribution in [0.5, 0.6) is 5.75 Å². The van der Waals surface area contributed by atoms with Crippen molar-refractivity contribution in [2.45, 2.75) is 25.5 Å². The minimum absolute atomic E-state index is 0.143. The Bertz CT molecular complexity index is 685. The maximum atomic E-state index is 12.3. The van der Waals surface area contributed by atoms with Gasteiger partial charge in [0, 0.05) is 5.56 Å². The summed E-state index contributed by atoms with van der Waals surface area (Å²) in [5.74, 6) is -0.572. The molecule has 0 atom stereocenters. The fourth-order valence-corrected chi connectivity index (χ4v) is 2.32. The Labute approximate surface area is 120 Å². The van der Waals surface area contributed by atoms with Gasteiger partial charge in [0.1, 0.15) is 16.7 Å². The first-order valence-corrected chi connectivity index (χ1v) is 7.33. The third-order valence-corrected chi connectivity index (χ3v) is 4.53. The molecule has 1 aromatic carbocycles. The number of allylic oxidation sites excluding steroid dienone is 1. The second-order valence-corrected chi connectivity index (χ2v) is 6.77. The van der Waals surface area contributed by atoms with Crippen LogP contribution in [0.1, 0.15) is 19.4 Å². The summed E-state index contributed by atoms with van der Waals surface area (Å²) in [6, 6.07) is 6.48. The summed E-state index contributed by atoms with van der Waals surface area (Å²) in [5.41, 5.74) is -0.143. The summed E-state index contributed by atoms with van der Waals surface area (Å²) >= 11 is 0. The van der Waals surface area contributed by atoms with E-state index in [0.29, 0.717) is 0 Å². The second-order valence-electron chi connectivity index (χ2n) is 4.30. The summed E-state index contributed by atoms with van der Waals surface area (Å²) < 4.78 is 64.4. The number of halogens is 3. The molecule has 21 heavy (non-hydrogen) atoms. The van der Waals surface area contributed by atoms with E-state index in [1.54, 1.807) is 0 Å². The van der Waals surface area contributed by atoms with E-state index in [-0.39, 0.29) is 5.56 Å². The number of para-hydroxylation sites is 1. The van der Waals surface area contributed by atoms with Crippen molar-refractivity contribution in [1.82, 2.24) is 0 Å². The molecule has 0 bridgehead atoms. The van der Waals surface area contributed by atoms with Crippen molar-refractivity contribution in [1.29, 1.82) is 5.26 Å². The number of ether oxygens (including phenoxy) is 1. The molecule has 0 aliphatic carbocycles. The number of sulfone groups is 1. The van der Waals surface area contributed by atoms with Gasteiger partial charge >= 0.3 is 6.36 Å². The summed E-state index contributed by atoms with van der Waals surface area (Å²) in [6.07, 6.45) is -4.04. The number of hydrogen-bond donors (Lipinski definition) is 0. The third kappa shape index (κ3) is 4.49. The van der Waals surface area contributed by atoms with Crippen LogP contribution in [0.3, 0.4) is 0 Å². The largest absolute Gasteiger partial charge is 0.573 e. The minimum atomic E-state index is -4.91. The highest BCUT2D eigenvalue weighted by Crippen LogP contribution is 2.28. The van der Waals surface area contributed by atoms with Gasteiger partial charge in [-0.25, -0.2) is 8.42 Å². The minimum Gasteiger partial charge on any atom is -0.405 e. The van der Waals surface area contributed by atoms with E-state index < -0.39 is 32.1 Å². The van der Waals surface area contributed by atoms with Crippen molar-refractivity contribution in [3.8, 4) is 11.8 Å². The van der Waals surface area contributed by atoms with E-state index in [9.17, 15) is 21.6 Å². The van der Waals surface area contributed by atoms with Gasteiger partial charge < -0.3 is 4.74 Å². The van der Waals surface area contributed by atoms with Crippen molar-refractivity contribution in [2.24, 2.45) is 0 Å². The van der Waals surface area contributed by atoms with Gasteiger partial charge in [-0.2, -0.15) is 5.26 Å². The quantitative estimate of drug-likeness (QED) is 0.799. The van der Waals surface area contributed by atoms with E-state index >= 15 is 0 Å². The van der Waals surface area contributed by atoms with Gasteiger partial charge in [0.05, 0.1) is 5.25 Å². The van der Waals surface area contributed by atoms with Gasteiger partial charge in [-0.15, -0.1) is 13.2 Å². The zero-order chi connectivity index (χ0) is 16.3. The number of nitrogens with zero attached hydrogens (tertiary/aromatic N) is 1. The molecule has 0 saturated carbocycles. The van der Waals surface area contributed by atoms with Crippen LogP contribution in [0.15, 0.2) is 29.2 Å². The van der Waals surface area contributed by atoms with E-state index in [4.69, 9.17) is 5.26 Å². The van der Waals surface area contributed by atoms with Crippen molar-refractivity contribution >= 4 is 15.9 Å². The Kier molecular flexibility index (Phi) is 5.01. The highest BCUT2D eigenvalue weighted by atomic mass is 32.2.